The molecule has 2 aromatic carbocycles. The van der Waals surface area contributed by atoms with Crippen LogP contribution in [0.2, 0.25) is 0 Å². The topological polar surface area (TPSA) is 70.2 Å². The van der Waals surface area contributed by atoms with Crippen LogP contribution in [0.4, 0.5) is 5.69 Å². The van der Waals surface area contributed by atoms with E-state index in [0.29, 0.717) is 30.9 Å². The van der Waals surface area contributed by atoms with Crippen molar-refractivity contribution in [3.05, 3.63) is 66.2 Å². The number of amides is 1. The van der Waals surface area contributed by atoms with Crippen LogP contribution >= 0.6 is 0 Å². The quantitative estimate of drug-likeness (QED) is 0.562. The highest BCUT2D eigenvalue weighted by Crippen LogP contribution is 2.22. The summed E-state index contributed by atoms with van der Waals surface area (Å²) in [5, 5.41) is 0. The number of ether oxygens (including phenoxy) is 1. The van der Waals surface area contributed by atoms with Crippen molar-refractivity contribution in [1.29, 1.82) is 0 Å². The molecule has 2 aromatic rings. The van der Waals surface area contributed by atoms with E-state index in [1.807, 2.05) is 30.0 Å². The summed E-state index contributed by atoms with van der Waals surface area (Å²) in [4.78, 5) is 17.2. The Morgan fingerprint density at radius 2 is 1.70 bits per heavy atom. The van der Waals surface area contributed by atoms with E-state index in [-0.39, 0.29) is 5.91 Å². The predicted octanol–water partition coefficient (Wildman–Crippen LogP) is 3.10. The van der Waals surface area contributed by atoms with E-state index in [4.69, 9.17) is 4.74 Å². The predicted molar refractivity (Wildman–Crippen MR) is 133 cm³/mol. The Hall–Kier alpha value is -2.84. The minimum Gasteiger partial charge on any atom is -0.481 e. The number of sulfonamides is 1. The summed E-state index contributed by atoms with van der Waals surface area (Å²) in [5.41, 5.74) is 1.73. The zero-order valence-electron chi connectivity index (χ0n) is 19.6. The van der Waals surface area contributed by atoms with Crippen LogP contribution in [0.5, 0.6) is 5.75 Å². The smallest absolute Gasteiger partial charge is 0.263 e. The van der Waals surface area contributed by atoms with Crippen LogP contribution in [-0.2, 0) is 14.8 Å². The average molecular weight is 472 g/mol. The Morgan fingerprint density at radius 3 is 2.27 bits per heavy atom. The molecule has 3 rings (SSSR count). The molecule has 0 aliphatic carbocycles. The van der Waals surface area contributed by atoms with Crippen molar-refractivity contribution in [2.24, 2.45) is 0 Å². The fraction of sp³-hybridized carbons (Fsp3) is 0.400. The van der Waals surface area contributed by atoms with Gasteiger partial charge in [-0.25, -0.2) is 8.42 Å². The lowest BCUT2D eigenvalue weighted by molar-refractivity contribution is -0.140. The Balaban J connectivity index is 1.50. The normalized spacial score (nSPS) is 16.0. The molecule has 0 N–H and O–H groups in total. The highest BCUT2D eigenvalue weighted by molar-refractivity contribution is 7.92. The lowest BCUT2D eigenvalue weighted by Gasteiger charge is -2.35. The van der Waals surface area contributed by atoms with Gasteiger partial charge >= 0.3 is 0 Å². The molecule has 178 valence electrons. The van der Waals surface area contributed by atoms with E-state index in [2.05, 4.69) is 29.2 Å². The number of anilines is 1. The van der Waals surface area contributed by atoms with Crippen LogP contribution < -0.4 is 9.04 Å². The van der Waals surface area contributed by atoms with Gasteiger partial charge in [-0.15, -0.1) is 0 Å². The molecule has 1 fully saturated rings. The lowest BCUT2D eigenvalue weighted by Crippen LogP contribution is -2.52. The van der Waals surface area contributed by atoms with Crippen LogP contribution in [0.15, 0.2) is 60.7 Å². The molecule has 1 amide bonds. The molecule has 1 heterocycles. The van der Waals surface area contributed by atoms with Crippen molar-refractivity contribution in [2.45, 2.75) is 19.4 Å². The fourth-order valence-electron chi connectivity index (χ4n) is 3.66. The van der Waals surface area contributed by atoms with Gasteiger partial charge in [0.1, 0.15) is 5.75 Å². The maximum absolute atomic E-state index is 13.0. The molecule has 1 saturated heterocycles. The van der Waals surface area contributed by atoms with Crippen molar-refractivity contribution in [3.63, 3.8) is 0 Å². The second-order valence-electron chi connectivity index (χ2n) is 8.18. The van der Waals surface area contributed by atoms with E-state index in [9.17, 15) is 13.2 Å². The molecule has 1 aliphatic heterocycles. The van der Waals surface area contributed by atoms with Crippen molar-refractivity contribution in [2.75, 3.05) is 50.3 Å². The van der Waals surface area contributed by atoms with E-state index in [1.165, 1.54) is 16.9 Å². The summed E-state index contributed by atoms with van der Waals surface area (Å²) in [6.45, 7) is 5.80. The maximum atomic E-state index is 13.0. The fourth-order valence-corrected chi connectivity index (χ4v) is 4.16. The molecule has 0 unspecified atom stereocenters. The van der Waals surface area contributed by atoms with Gasteiger partial charge in [0.05, 0.1) is 11.9 Å². The zero-order chi connectivity index (χ0) is 23.8. The van der Waals surface area contributed by atoms with Gasteiger partial charge in [-0.3, -0.25) is 14.0 Å². The first-order valence-corrected chi connectivity index (χ1v) is 13.1. The van der Waals surface area contributed by atoms with Crippen molar-refractivity contribution >= 4 is 27.7 Å². The number of rotatable bonds is 9. The number of carbonyl (C=O) groups excluding carboxylic acids is 1. The third-order valence-electron chi connectivity index (χ3n) is 5.78. The minimum atomic E-state index is -3.33. The van der Waals surface area contributed by atoms with Crippen LogP contribution in [0.3, 0.4) is 0 Å². The van der Waals surface area contributed by atoms with Crippen molar-refractivity contribution in [3.8, 4) is 5.75 Å². The first-order valence-electron chi connectivity index (χ1n) is 11.2. The molecule has 0 spiro atoms. The second-order valence-corrected chi connectivity index (χ2v) is 10.2. The van der Waals surface area contributed by atoms with Gasteiger partial charge < -0.3 is 9.64 Å². The van der Waals surface area contributed by atoms with Gasteiger partial charge in [0.25, 0.3) is 5.91 Å². The van der Waals surface area contributed by atoms with E-state index in [1.54, 1.807) is 24.3 Å². The largest absolute Gasteiger partial charge is 0.481 e. The van der Waals surface area contributed by atoms with Gasteiger partial charge in [0.2, 0.25) is 10.0 Å². The molecule has 33 heavy (non-hydrogen) atoms. The summed E-state index contributed by atoms with van der Waals surface area (Å²) in [7, 11) is -1.82. The number of hydrogen-bond donors (Lipinski definition) is 0. The SMILES string of the molecule is CC[C@@H](Oc1ccc(N(C)S(C)(=O)=O)cc1)C(=O)N1CCN(C/C=C/c2ccccc2)CC1. The third kappa shape index (κ3) is 7.07. The monoisotopic (exact) mass is 471 g/mol. The third-order valence-corrected chi connectivity index (χ3v) is 6.99. The van der Waals surface area contributed by atoms with E-state index < -0.39 is 16.1 Å². The maximum Gasteiger partial charge on any atom is 0.263 e. The molecular weight excluding hydrogens is 438 g/mol. The Kier molecular flexibility index (Phi) is 8.52. The molecule has 0 radical (unpaired) electrons. The second kappa shape index (κ2) is 11.3. The molecule has 8 heteroatoms. The molecule has 1 aliphatic rings. The molecule has 1 atom stereocenters. The van der Waals surface area contributed by atoms with Gasteiger partial charge in [-0.2, -0.15) is 0 Å². The van der Waals surface area contributed by atoms with Gasteiger partial charge in [-0.1, -0.05) is 49.4 Å². The lowest BCUT2D eigenvalue weighted by atomic mass is 10.2. The minimum absolute atomic E-state index is 0.00527. The van der Waals surface area contributed by atoms with Gasteiger partial charge in [0.15, 0.2) is 6.10 Å². The number of benzene rings is 2. The number of piperazine rings is 1. The molecule has 0 aromatic heterocycles. The van der Waals surface area contributed by atoms with E-state index >= 15 is 0 Å². The van der Waals surface area contributed by atoms with Crippen molar-refractivity contribution < 1.29 is 17.9 Å². The molecular formula is C25H33N3O4S. The van der Waals surface area contributed by atoms with Gasteiger partial charge in [-0.05, 0) is 36.2 Å². The van der Waals surface area contributed by atoms with Crippen LogP contribution in [0.1, 0.15) is 18.9 Å². The summed E-state index contributed by atoms with van der Waals surface area (Å²) in [5.74, 6) is 0.542. The highest BCUT2D eigenvalue weighted by Gasteiger charge is 2.27. The Bertz CT molecular complexity index is 1030. The summed E-state index contributed by atoms with van der Waals surface area (Å²) in [6.07, 6.45) is 5.44. The summed E-state index contributed by atoms with van der Waals surface area (Å²) in [6, 6.07) is 17.0. The number of hydrogen-bond acceptors (Lipinski definition) is 5. The average Bonchev–Trinajstić information content (AvgIpc) is 2.82. The molecule has 7 nitrogen and oxygen atoms in total. The summed E-state index contributed by atoms with van der Waals surface area (Å²) < 4.78 is 30.5. The first kappa shape index (κ1) is 24.8. The standard InChI is InChI=1S/C25H33N3O4S/c1-4-24(32-23-14-12-22(13-15-23)26(2)33(3,30)31)25(29)28-19-17-27(18-20-28)16-8-11-21-9-6-5-7-10-21/h5-15,24H,4,16-20H2,1-3H3/b11-8+/t24-/m1/s1. The van der Waals surface area contributed by atoms with Crippen LogP contribution in [0, 0.1) is 0 Å². The molecule has 0 bridgehead atoms. The Morgan fingerprint density at radius 1 is 1.06 bits per heavy atom. The first-order chi connectivity index (χ1) is 15.8. The van der Waals surface area contributed by atoms with Gasteiger partial charge in [0, 0.05) is 39.8 Å². The summed E-state index contributed by atoms with van der Waals surface area (Å²) >= 11 is 0. The number of carbonyl (C=O) groups is 1. The van der Waals surface area contributed by atoms with E-state index in [0.717, 1.165) is 25.9 Å². The zero-order valence-corrected chi connectivity index (χ0v) is 20.4. The number of nitrogens with zero attached hydrogens (tertiary/aromatic N) is 3. The van der Waals surface area contributed by atoms with Crippen LogP contribution in [0.25, 0.3) is 6.08 Å². The highest BCUT2D eigenvalue weighted by atomic mass is 32.2. The Labute approximate surface area is 197 Å². The molecule has 0 saturated carbocycles. The van der Waals surface area contributed by atoms with Crippen molar-refractivity contribution in [1.82, 2.24) is 9.80 Å². The van der Waals surface area contributed by atoms with Crippen LogP contribution in [-0.4, -0.2) is 76.3 Å².